The summed E-state index contributed by atoms with van der Waals surface area (Å²) in [4.78, 5) is 36.3. The summed E-state index contributed by atoms with van der Waals surface area (Å²) in [5.41, 5.74) is 4.37. The molecule has 0 atom stereocenters. The van der Waals surface area contributed by atoms with Gasteiger partial charge in [0.05, 0.1) is 12.3 Å². The molecule has 7 nitrogen and oxygen atoms in total. The second kappa shape index (κ2) is 11.0. The van der Waals surface area contributed by atoms with Gasteiger partial charge < -0.3 is 25.3 Å². The molecule has 6 N–H and O–H groups in total. The van der Waals surface area contributed by atoms with Gasteiger partial charge in [0.15, 0.2) is 0 Å². The van der Waals surface area contributed by atoms with Gasteiger partial charge in [-0.3, -0.25) is 9.13 Å². The number of hydrogen-bond donors (Lipinski definition) is 5. The Morgan fingerprint density at radius 2 is 1.09 bits per heavy atom. The maximum Gasteiger partial charge on any atom is 0.327 e. The van der Waals surface area contributed by atoms with Crippen molar-refractivity contribution in [1.82, 2.24) is 0 Å². The molecule has 0 aromatic heterocycles. The first-order valence-electron chi connectivity index (χ1n) is 8.35. The number of unbranched alkanes of at least 4 members (excludes halogenated alkanes) is 8. The molecule has 0 fully saturated rings. The van der Waals surface area contributed by atoms with Crippen LogP contribution in [0.25, 0.3) is 0 Å². The van der Waals surface area contributed by atoms with Crippen molar-refractivity contribution < 1.29 is 28.7 Å². The zero-order valence-electron chi connectivity index (χ0n) is 14.1. The van der Waals surface area contributed by atoms with E-state index in [1.54, 1.807) is 0 Å². The normalized spacial score (nSPS) is 13.5. The SMILES string of the molecule is CCCCCCCCCCCC(N)(CP(=O)(O)O)CP(=O)(O)O. The van der Waals surface area contributed by atoms with E-state index in [0.717, 1.165) is 19.3 Å². The lowest BCUT2D eigenvalue weighted by Crippen LogP contribution is -2.47. The van der Waals surface area contributed by atoms with Crippen molar-refractivity contribution in [1.29, 1.82) is 0 Å². The Morgan fingerprint density at radius 3 is 1.43 bits per heavy atom. The van der Waals surface area contributed by atoms with Gasteiger partial charge in [-0.15, -0.1) is 0 Å². The van der Waals surface area contributed by atoms with Gasteiger partial charge in [-0.2, -0.15) is 0 Å². The minimum atomic E-state index is -4.42. The van der Waals surface area contributed by atoms with Crippen LogP contribution < -0.4 is 5.73 Å². The maximum atomic E-state index is 11.2. The third-order valence-corrected chi connectivity index (χ3v) is 5.90. The number of hydrogen-bond acceptors (Lipinski definition) is 3. The summed E-state index contributed by atoms with van der Waals surface area (Å²) in [5.74, 6) is 0. The topological polar surface area (TPSA) is 141 Å². The summed E-state index contributed by atoms with van der Waals surface area (Å²) in [6.45, 7) is 2.17. The Bertz CT molecular complexity index is 382. The fraction of sp³-hybridized carbons (Fsp3) is 1.00. The Balaban J connectivity index is 4.11. The van der Waals surface area contributed by atoms with Gasteiger partial charge in [0.2, 0.25) is 0 Å². The second-order valence-corrected chi connectivity index (χ2v) is 9.88. The smallest absolute Gasteiger partial charge is 0.324 e. The van der Waals surface area contributed by atoms with Crippen molar-refractivity contribution >= 4 is 15.2 Å². The highest BCUT2D eigenvalue weighted by Gasteiger charge is 2.38. The standard InChI is InChI=1S/C14H33NO6P2/c1-2-3-4-5-6-7-8-9-10-11-14(15,12-22(16,17)18)13-23(19,20)21/h2-13,15H2,1H3,(H2,16,17,18)(H2,19,20,21). The van der Waals surface area contributed by atoms with E-state index in [1.807, 2.05) is 0 Å². The van der Waals surface area contributed by atoms with E-state index < -0.39 is 33.1 Å². The molecule has 0 bridgehead atoms. The van der Waals surface area contributed by atoms with Crippen molar-refractivity contribution in [3.8, 4) is 0 Å². The predicted molar refractivity (Wildman–Crippen MR) is 92.6 cm³/mol. The van der Waals surface area contributed by atoms with E-state index >= 15 is 0 Å². The molecule has 0 aliphatic rings. The molecule has 9 heteroatoms. The monoisotopic (exact) mass is 373 g/mol. The highest BCUT2D eigenvalue weighted by Crippen LogP contribution is 2.45. The third kappa shape index (κ3) is 15.5. The summed E-state index contributed by atoms with van der Waals surface area (Å²) in [5, 5.41) is 0. The van der Waals surface area contributed by atoms with Crippen LogP contribution in [-0.4, -0.2) is 37.4 Å². The lowest BCUT2D eigenvalue weighted by atomic mass is 9.96. The van der Waals surface area contributed by atoms with Crippen molar-refractivity contribution in [2.24, 2.45) is 5.73 Å². The summed E-state index contributed by atoms with van der Waals surface area (Å²) in [7, 11) is -8.84. The maximum absolute atomic E-state index is 11.2. The summed E-state index contributed by atoms with van der Waals surface area (Å²) >= 11 is 0. The number of nitrogens with two attached hydrogens (primary N) is 1. The van der Waals surface area contributed by atoms with E-state index in [1.165, 1.54) is 32.1 Å². The van der Waals surface area contributed by atoms with Crippen LogP contribution in [0.5, 0.6) is 0 Å². The molecule has 0 aromatic rings. The Hall–Kier alpha value is 0.260. The molecule has 0 saturated carbocycles. The van der Waals surface area contributed by atoms with E-state index in [9.17, 15) is 9.13 Å². The number of rotatable bonds is 14. The molecular weight excluding hydrogens is 340 g/mol. The summed E-state index contributed by atoms with van der Waals surface area (Å²) < 4.78 is 22.3. The molecular formula is C14H33NO6P2. The van der Waals surface area contributed by atoms with E-state index in [-0.39, 0.29) is 6.42 Å². The molecule has 0 heterocycles. The van der Waals surface area contributed by atoms with Crippen LogP contribution in [0, 0.1) is 0 Å². The zero-order chi connectivity index (χ0) is 18.0. The second-order valence-electron chi connectivity index (χ2n) is 6.59. The minimum Gasteiger partial charge on any atom is -0.324 e. The van der Waals surface area contributed by atoms with Gasteiger partial charge in [-0.05, 0) is 6.42 Å². The van der Waals surface area contributed by atoms with E-state index in [0.29, 0.717) is 6.42 Å². The predicted octanol–water partition coefficient (Wildman–Crippen LogP) is 2.96. The van der Waals surface area contributed by atoms with Crippen molar-refractivity contribution in [3.63, 3.8) is 0 Å². The molecule has 0 aliphatic heterocycles. The Kier molecular flexibility index (Phi) is 11.1. The van der Waals surface area contributed by atoms with Crippen LogP contribution in [0.15, 0.2) is 0 Å². The molecule has 0 unspecified atom stereocenters. The largest absolute Gasteiger partial charge is 0.327 e. The summed E-state index contributed by atoms with van der Waals surface area (Å²) in [6, 6.07) is 0. The van der Waals surface area contributed by atoms with Crippen LogP contribution in [0.4, 0.5) is 0 Å². The molecule has 0 amide bonds. The van der Waals surface area contributed by atoms with Gasteiger partial charge in [-0.1, -0.05) is 64.7 Å². The average molecular weight is 373 g/mol. The fourth-order valence-electron chi connectivity index (χ4n) is 2.82. The van der Waals surface area contributed by atoms with Crippen LogP contribution >= 0.6 is 15.2 Å². The van der Waals surface area contributed by atoms with Gasteiger partial charge in [-0.25, -0.2) is 0 Å². The lowest BCUT2D eigenvalue weighted by Gasteiger charge is -2.30. The van der Waals surface area contributed by atoms with Gasteiger partial charge in [0.1, 0.15) is 0 Å². The third-order valence-electron chi connectivity index (χ3n) is 3.82. The molecule has 0 spiro atoms. The summed E-state index contributed by atoms with van der Waals surface area (Å²) in [6.07, 6.45) is 8.56. The lowest BCUT2D eigenvalue weighted by molar-refractivity contribution is 0.327. The first-order valence-corrected chi connectivity index (χ1v) is 11.9. The fourth-order valence-corrected chi connectivity index (χ4v) is 5.17. The van der Waals surface area contributed by atoms with Crippen LogP contribution in [-0.2, 0) is 9.13 Å². The van der Waals surface area contributed by atoms with Crippen LogP contribution in [0.2, 0.25) is 0 Å². The van der Waals surface area contributed by atoms with E-state index in [4.69, 9.17) is 25.3 Å². The Labute approximate surface area is 139 Å². The Morgan fingerprint density at radius 1 is 0.739 bits per heavy atom. The molecule has 0 aliphatic carbocycles. The highest BCUT2D eigenvalue weighted by molar-refractivity contribution is 7.53. The average Bonchev–Trinajstić information content (AvgIpc) is 2.32. The first kappa shape index (κ1) is 23.3. The molecule has 0 radical (unpaired) electrons. The molecule has 0 aromatic carbocycles. The highest BCUT2D eigenvalue weighted by atomic mass is 31.2. The van der Waals surface area contributed by atoms with Crippen molar-refractivity contribution in [2.75, 3.05) is 12.3 Å². The van der Waals surface area contributed by atoms with Crippen molar-refractivity contribution in [3.05, 3.63) is 0 Å². The minimum absolute atomic E-state index is 0.207. The van der Waals surface area contributed by atoms with Gasteiger partial charge in [0.25, 0.3) is 0 Å². The van der Waals surface area contributed by atoms with Crippen LogP contribution in [0.3, 0.4) is 0 Å². The van der Waals surface area contributed by atoms with Gasteiger partial charge in [0, 0.05) is 5.54 Å². The molecule has 0 saturated heterocycles. The van der Waals surface area contributed by atoms with Crippen molar-refractivity contribution in [2.45, 2.75) is 76.7 Å². The molecule has 0 rings (SSSR count). The van der Waals surface area contributed by atoms with Gasteiger partial charge >= 0.3 is 15.2 Å². The van der Waals surface area contributed by atoms with Crippen LogP contribution in [0.1, 0.15) is 71.1 Å². The first-order chi connectivity index (χ1) is 10.5. The molecule has 23 heavy (non-hydrogen) atoms. The molecule has 140 valence electrons. The zero-order valence-corrected chi connectivity index (χ0v) is 15.9. The quantitative estimate of drug-likeness (QED) is 0.233. The van der Waals surface area contributed by atoms with E-state index in [2.05, 4.69) is 6.92 Å².